The number of halogens is 1. The first-order valence-electron chi connectivity index (χ1n) is 7.22. The van der Waals surface area contributed by atoms with Gasteiger partial charge in [-0.15, -0.1) is 0 Å². The molecular weight excluding hydrogens is 265 g/mol. The molecule has 21 heavy (non-hydrogen) atoms. The van der Waals surface area contributed by atoms with Crippen LogP contribution in [0.3, 0.4) is 0 Å². The lowest BCUT2D eigenvalue weighted by molar-refractivity contribution is -0.121. The predicted molar refractivity (Wildman–Crippen MR) is 82.5 cm³/mol. The van der Waals surface area contributed by atoms with Crippen molar-refractivity contribution in [1.82, 2.24) is 5.32 Å². The number of hydrogen-bond acceptors (Lipinski definition) is 1. The van der Waals surface area contributed by atoms with Crippen molar-refractivity contribution in [3.05, 3.63) is 71.5 Å². The van der Waals surface area contributed by atoms with Crippen LogP contribution in [0.5, 0.6) is 0 Å². The number of benzene rings is 2. The number of aryl methyl sites for hydroxylation is 1. The first-order valence-corrected chi connectivity index (χ1v) is 7.22. The minimum absolute atomic E-state index is 0.0736. The average Bonchev–Trinajstić information content (AvgIpc) is 2.48. The Morgan fingerprint density at radius 2 is 1.76 bits per heavy atom. The second-order valence-electron chi connectivity index (χ2n) is 5.26. The molecule has 3 heteroatoms. The maximum absolute atomic E-state index is 13.5. The summed E-state index contributed by atoms with van der Waals surface area (Å²) in [7, 11) is 0. The summed E-state index contributed by atoms with van der Waals surface area (Å²) in [4.78, 5) is 11.9. The molecule has 2 nitrogen and oxygen atoms in total. The fourth-order valence-electron chi connectivity index (χ4n) is 2.24. The van der Waals surface area contributed by atoms with Gasteiger partial charge < -0.3 is 5.32 Å². The Morgan fingerprint density at radius 1 is 1.10 bits per heavy atom. The zero-order valence-electron chi connectivity index (χ0n) is 12.2. The molecule has 1 N–H and O–H groups in total. The summed E-state index contributed by atoms with van der Waals surface area (Å²) < 4.78 is 13.5. The van der Waals surface area contributed by atoms with Crippen LogP contribution in [0.4, 0.5) is 4.39 Å². The third kappa shape index (κ3) is 5.03. The molecule has 0 aliphatic rings. The highest BCUT2D eigenvalue weighted by molar-refractivity contribution is 5.78. The maximum Gasteiger partial charge on any atom is 0.224 e. The third-order valence-electron chi connectivity index (χ3n) is 3.43. The van der Waals surface area contributed by atoms with Crippen molar-refractivity contribution in [3.63, 3.8) is 0 Å². The van der Waals surface area contributed by atoms with Gasteiger partial charge >= 0.3 is 0 Å². The Balaban J connectivity index is 1.78. The first kappa shape index (κ1) is 15.2. The van der Waals surface area contributed by atoms with Gasteiger partial charge in [0.05, 0.1) is 6.42 Å². The molecule has 1 atom stereocenters. The molecule has 0 fully saturated rings. The van der Waals surface area contributed by atoms with E-state index < -0.39 is 0 Å². The van der Waals surface area contributed by atoms with Crippen LogP contribution in [0.1, 0.15) is 24.5 Å². The fraction of sp³-hybridized carbons (Fsp3) is 0.278. The predicted octanol–water partition coefficient (Wildman–Crippen LogP) is 3.51. The number of nitrogens with one attached hydrogen (secondary N) is 1. The summed E-state index contributed by atoms with van der Waals surface area (Å²) in [6.07, 6.45) is 1.87. The third-order valence-corrected chi connectivity index (χ3v) is 3.43. The van der Waals surface area contributed by atoms with Gasteiger partial charge in [-0.3, -0.25) is 4.79 Å². The Bertz CT molecular complexity index is 583. The highest BCUT2D eigenvalue weighted by Crippen LogP contribution is 2.08. The van der Waals surface area contributed by atoms with Gasteiger partial charge in [-0.2, -0.15) is 0 Å². The molecule has 0 radical (unpaired) electrons. The maximum atomic E-state index is 13.5. The number of rotatable bonds is 6. The van der Waals surface area contributed by atoms with E-state index in [2.05, 4.69) is 17.4 Å². The molecule has 110 valence electrons. The topological polar surface area (TPSA) is 29.1 Å². The monoisotopic (exact) mass is 285 g/mol. The van der Waals surface area contributed by atoms with Crippen molar-refractivity contribution >= 4 is 5.91 Å². The molecule has 0 spiro atoms. The number of amides is 1. The van der Waals surface area contributed by atoms with Crippen molar-refractivity contribution in [2.45, 2.75) is 32.2 Å². The average molecular weight is 285 g/mol. The van der Waals surface area contributed by atoms with E-state index in [-0.39, 0.29) is 24.2 Å². The number of carbonyl (C=O) groups is 1. The Labute approximate surface area is 125 Å². The van der Waals surface area contributed by atoms with Crippen LogP contribution < -0.4 is 5.32 Å². The van der Waals surface area contributed by atoms with E-state index in [0.29, 0.717) is 5.56 Å². The van der Waals surface area contributed by atoms with Crippen LogP contribution in [0, 0.1) is 5.82 Å². The van der Waals surface area contributed by atoms with Gasteiger partial charge in [0.15, 0.2) is 0 Å². The zero-order valence-corrected chi connectivity index (χ0v) is 12.2. The van der Waals surface area contributed by atoms with Crippen molar-refractivity contribution in [2.75, 3.05) is 0 Å². The SMILES string of the molecule is C[C@H](CCc1ccccc1)NC(=O)Cc1ccccc1F. The van der Waals surface area contributed by atoms with Crippen LogP contribution in [0.2, 0.25) is 0 Å². The second-order valence-corrected chi connectivity index (χ2v) is 5.26. The van der Waals surface area contributed by atoms with Crippen LogP contribution in [0.25, 0.3) is 0 Å². The minimum atomic E-state index is -0.329. The smallest absolute Gasteiger partial charge is 0.224 e. The van der Waals surface area contributed by atoms with Gasteiger partial charge in [0.25, 0.3) is 0 Å². The number of carbonyl (C=O) groups excluding carboxylic acids is 1. The normalized spacial score (nSPS) is 11.9. The molecule has 0 aliphatic carbocycles. The summed E-state index contributed by atoms with van der Waals surface area (Å²) in [5.74, 6) is -0.467. The standard InChI is InChI=1S/C18H20FNO/c1-14(11-12-15-7-3-2-4-8-15)20-18(21)13-16-9-5-6-10-17(16)19/h2-10,14H,11-13H2,1H3,(H,20,21)/t14-/m1/s1. The van der Waals surface area contributed by atoms with Crippen molar-refractivity contribution < 1.29 is 9.18 Å². The second kappa shape index (κ2) is 7.58. The molecule has 0 saturated carbocycles. The highest BCUT2D eigenvalue weighted by atomic mass is 19.1. The lowest BCUT2D eigenvalue weighted by atomic mass is 10.1. The van der Waals surface area contributed by atoms with Gasteiger partial charge in [-0.1, -0.05) is 48.5 Å². The van der Waals surface area contributed by atoms with Gasteiger partial charge in [0.1, 0.15) is 5.82 Å². The summed E-state index contributed by atoms with van der Waals surface area (Å²) in [6, 6.07) is 16.6. The fourth-order valence-corrected chi connectivity index (χ4v) is 2.24. The van der Waals surface area contributed by atoms with E-state index in [0.717, 1.165) is 12.8 Å². The minimum Gasteiger partial charge on any atom is -0.353 e. The van der Waals surface area contributed by atoms with E-state index in [1.165, 1.54) is 11.6 Å². The van der Waals surface area contributed by atoms with Gasteiger partial charge in [0, 0.05) is 6.04 Å². The van der Waals surface area contributed by atoms with Crippen molar-refractivity contribution in [3.8, 4) is 0 Å². The van der Waals surface area contributed by atoms with Crippen LogP contribution >= 0.6 is 0 Å². The van der Waals surface area contributed by atoms with Crippen LogP contribution in [-0.4, -0.2) is 11.9 Å². The number of hydrogen-bond donors (Lipinski definition) is 1. The summed E-state index contributed by atoms with van der Waals surface area (Å²) in [6.45, 7) is 1.97. The molecule has 0 unspecified atom stereocenters. The molecule has 0 bridgehead atoms. The van der Waals surface area contributed by atoms with Crippen LogP contribution in [-0.2, 0) is 17.6 Å². The summed E-state index contributed by atoms with van der Waals surface area (Å²) in [5, 5.41) is 2.92. The lowest BCUT2D eigenvalue weighted by Gasteiger charge is -2.14. The Morgan fingerprint density at radius 3 is 2.48 bits per heavy atom. The first-order chi connectivity index (χ1) is 10.1. The van der Waals surface area contributed by atoms with Gasteiger partial charge in [-0.05, 0) is 37.0 Å². The van der Waals surface area contributed by atoms with Gasteiger partial charge in [0.2, 0.25) is 5.91 Å². The van der Waals surface area contributed by atoms with E-state index in [1.54, 1.807) is 18.2 Å². The van der Waals surface area contributed by atoms with Crippen molar-refractivity contribution in [2.24, 2.45) is 0 Å². The molecule has 2 aromatic carbocycles. The summed E-state index contributed by atoms with van der Waals surface area (Å²) in [5.41, 5.74) is 1.69. The Kier molecular flexibility index (Phi) is 5.50. The van der Waals surface area contributed by atoms with E-state index >= 15 is 0 Å². The van der Waals surface area contributed by atoms with Crippen LogP contribution in [0.15, 0.2) is 54.6 Å². The van der Waals surface area contributed by atoms with E-state index in [4.69, 9.17) is 0 Å². The molecular formula is C18H20FNO. The molecule has 2 rings (SSSR count). The highest BCUT2D eigenvalue weighted by Gasteiger charge is 2.10. The molecule has 0 saturated heterocycles. The molecule has 0 aliphatic heterocycles. The lowest BCUT2D eigenvalue weighted by Crippen LogP contribution is -2.34. The van der Waals surface area contributed by atoms with Gasteiger partial charge in [-0.25, -0.2) is 4.39 Å². The quantitative estimate of drug-likeness (QED) is 0.864. The largest absolute Gasteiger partial charge is 0.353 e. The molecule has 0 heterocycles. The molecule has 2 aromatic rings. The van der Waals surface area contributed by atoms with Crippen molar-refractivity contribution in [1.29, 1.82) is 0 Å². The Hall–Kier alpha value is -2.16. The molecule has 0 aromatic heterocycles. The zero-order chi connectivity index (χ0) is 15.1. The summed E-state index contributed by atoms with van der Waals surface area (Å²) >= 11 is 0. The van der Waals surface area contributed by atoms with E-state index in [1.807, 2.05) is 25.1 Å². The molecule has 1 amide bonds. The van der Waals surface area contributed by atoms with E-state index in [9.17, 15) is 9.18 Å².